The molecule has 0 radical (unpaired) electrons. The Labute approximate surface area is 247 Å². The maximum absolute atomic E-state index is 13.8. The number of methoxy groups -OCH3 is 6. The quantitative estimate of drug-likeness (QED) is 0.290. The minimum Gasteiger partial charge on any atom is -0.469 e. The van der Waals surface area contributed by atoms with Crippen LogP contribution in [0.4, 0.5) is 0 Å². The minimum absolute atomic E-state index is 0.119. The van der Waals surface area contributed by atoms with E-state index >= 15 is 0 Å². The van der Waals surface area contributed by atoms with Crippen LogP contribution in [-0.2, 0) is 52.2 Å². The molecule has 4 aliphatic carbocycles. The third kappa shape index (κ3) is 3.64. The molecule has 5 fully saturated rings. The van der Waals surface area contributed by atoms with Crippen LogP contribution in [0.5, 0.6) is 0 Å². The highest BCUT2D eigenvalue weighted by molar-refractivity contribution is 5.87. The molecule has 0 amide bonds. The van der Waals surface area contributed by atoms with Gasteiger partial charge in [-0.15, -0.1) is 0 Å². The number of hydrogen-bond acceptors (Lipinski definition) is 11. The second-order valence-electron chi connectivity index (χ2n) is 13.0. The predicted octanol–water partition coefficient (Wildman–Crippen LogP) is 2.21. The molecule has 42 heavy (non-hydrogen) atoms. The summed E-state index contributed by atoms with van der Waals surface area (Å²) < 4.78 is 53.9. The number of esters is 2. The van der Waals surface area contributed by atoms with E-state index in [0.717, 1.165) is 5.57 Å². The summed E-state index contributed by atoms with van der Waals surface area (Å²) in [5.41, 5.74) is -2.47. The van der Waals surface area contributed by atoms with E-state index in [1.54, 1.807) is 35.5 Å². The molecule has 2 heterocycles. The Hall–Kier alpha value is -1.86. The van der Waals surface area contributed by atoms with Gasteiger partial charge in [-0.1, -0.05) is 12.7 Å². The molecule has 6 rings (SSSR count). The van der Waals surface area contributed by atoms with Crippen molar-refractivity contribution in [3.05, 3.63) is 24.3 Å². The summed E-state index contributed by atoms with van der Waals surface area (Å²) in [6, 6.07) is 0. The molecule has 234 valence electrons. The lowest BCUT2D eigenvalue weighted by Gasteiger charge is -2.50. The molecule has 2 aliphatic heterocycles. The smallest absolute Gasteiger partial charge is 0.316 e. The van der Waals surface area contributed by atoms with Crippen molar-refractivity contribution in [1.29, 1.82) is 0 Å². The van der Waals surface area contributed by atoms with Crippen LogP contribution in [0.1, 0.15) is 32.6 Å². The van der Waals surface area contributed by atoms with Gasteiger partial charge < -0.3 is 42.6 Å². The summed E-state index contributed by atoms with van der Waals surface area (Å²) in [5.74, 6) is -1.87. The first kappa shape index (κ1) is 30.2. The van der Waals surface area contributed by atoms with Crippen LogP contribution in [0, 0.1) is 28.6 Å². The van der Waals surface area contributed by atoms with E-state index in [1.165, 1.54) is 7.11 Å². The maximum atomic E-state index is 13.8. The lowest BCUT2D eigenvalue weighted by atomic mass is 9.61. The minimum atomic E-state index is -1.04. The van der Waals surface area contributed by atoms with Crippen LogP contribution in [0.25, 0.3) is 0 Å². The Morgan fingerprint density at radius 1 is 1.05 bits per heavy atom. The topological polar surface area (TPSA) is 117 Å². The van der Waals surface area contributed by atoms with Crippen molar-refractivity contribution < 1.29 is 52.2 Å². The highest BCUT2D eigenvalue weighted by Gasteiger charge is 2.84. The monoisotopic (exact) mass is 592 g/mol. The highest BCUT2D eigenvalue weighted by Crippen LogP contribution is 2.78. The fourth-order valence-electron chi connectivity index (χ4n) is 10.0. The van der Waals surface area contributed by atoms with Crippen LogP contribution in [0.3, 0.4) is 0 Å². The first-order chi connectivity index (χ1) is 20.1. The summed E-state index contributed by atoms with van der Waals surface area (Å²) in [5, 5.41) is 0. The van der Waals surface area contributed by atoms with E-state index in [4.69, 9.17) is 42.6 Å². The number of ether oxygens (including phenoxy) is 9. The molecule has 6 aliphatic rings. The summed E-state index contributed by atoms with van der Waals surface area (Å²) >= 11 is 0. The van der Waals surface area contributed by atoms with Gasteiger partial charge in [-0.05, 0) is 49.7 Å². The second kappa shape index (κ2) is 10.4. The number of hydrogen-bond donors (Lipinski definition) is 0. The van der Waals surface area contributed by atoms with Crippen molar-refractivity contribution >= 4 is 11.9 Å². The third-order valence-corrected chi connectivity index (χ3v) is 11.6. The van der Waals surface area contributed by atoms with Gasteiger partial charge in [-0.3, -0.25) is 9.59 Å². The molecule has 2 saturated heterocycles. The normalized spacial score (nSPS) is 50.4. The predicted molar refractivity (Wildman–Crippen MR) is 146 cm³/mol. The summed E-state index contributed by atoms with van der Waals surface area (Å²) in [6.07, 6.45) is 2.96. The standard InChI is InChI=1S/C31H44O11/c1-16-13-29-15-30(16,41-26-23(38-7)22(37-6)21(36-5)17(40-26)14-34-3)11-9-18(29)31-12-10-19(35-4)28(2,27(33)42-31)24(31)20(29)25(32)39-8/h10,12,17-24,26H,1,9,11,13-15H2,2-8H3/t17-,18-,19+,20-,21-,22+,23-,24-,26+,28?,29+,30+,31-/m1/s1. The van der Waals surface area contributed by atoms with E-state index in [9.17, 15) is 9.59 Å². The van der Waals surface area contributed by atoms with Crippen LogP contribution in [0.2, 0.25) is 0 Å². The zero-order valence-electron chi connectivity index (χ0n) is 25.6. The van der Waals surface area contributed by atoms with Gasteiger partial charge in [0, 0.05) is 47.4 Å². The molecule has 0 aromatic rings. The van der Waals surface area contributed by atoms with Crippen molar-refractivity contribution in [2.45, 2.75) is 80.6 Å². The first-order valence-corrected chi connectivity index (χ1v) is 14.7. The van der Waals surface area contributed by atoms with Gasteiger partial charge in [0.15, 0.2) is 6.29 Å². The van der Waals surface area contributed by atoms with Crippen LogP contribution in [-0.4, -0.2) is 109 Å². The number of fused-ring (bicyclic) bond motifs is 1. The molecule has 1 spiro atoms. The van der Waals surface area contributed by atoms with E-state index in [-0.39, 0.29) is 24.5 Å². The van der Waals surface area contributed by atoms with Crippen molar-refractivity contribution in [2.75, 3.05) is 49.3 Å². The van der Waals surface area contributed by atoms with Crippen molar-refractivity contribution in [2.24, 2.45) is 28.6 Å². The van der Waals surface area contributed by atoms with Gasteiger partial charge in [0.2, 0.25) is 0 Å². The Bertz CT molecular complexity index is 1160. The molecular formula is C31H44O11. The lowest BCUT2D eigenvalue weighted by Crippen LogP contribution is -2.62. The van der Waals surface area contributed by atoms with Gasteiger partial charge >= 0.3 is 11.9 Å². The number of rotatable bonds is 9. The summed E-state index contributed by atoms with van der Waals surface area (Å²) in [6.45, 7) is 6.66. The number of carbonyl (C=O) groups is 2. The third-order valence-electron chi connectivity index (χ3n) is 11.6. The van der Waals surface area contributed by atoms with Gasteiger partial charge in [0.1, 0.15) is 35.4 Å². The maximum Gasteiger partial charge on any atom is 0.316 e. The average molecular weight is 593 g/mol. The molecular weight excluding hydrogens is 548 g/mol. The van der Waals surface area contributed by atoms with E-state index in [1.807, 2.05) is 19.1 Å². The highest BCUT2D eigenvalue weighted by atomic mass is 16.7. The Kier molecular flexibility index (Phi) is 7.44. The molecule has 0 aromatic carbocycles. The van der Waals surface area contributed by atoms with Gasteiger partial charge in [-0.2, -0.15) is 0 Å². The van der Waals surface area contributed by atoms with E-state index in [0.29, 0.717) is 25.7 Å². The van der Waals surface area contributed by atoms with Crippen LogP contribution in [0.15, 0.2) is 24.3 Å². The van der Waals surface area contributed by atoms with Gasteiger partial charge in [-0.25, -0.2) is 0 Å². The SMILES string of the molecule is C=C1C[C@]23C[C@@]1(O[C@@H]1O[C@H](COC)[C@@H](OC)[C@H](OC)[C@H]1OC)CC[C@H]2[C@@]12C=C[C@H](OC)C(C)(C(=O)O1)[C@H]2[C@@H]3C(=O)OC. The zero-order chi connectivity index (χ0) is 30.2. The molecule has 13 atom stereocenters. The fraction of sp³-hybridized carbons (Fsp3) is 0.806. The van der Waals surface area contributed by atoms with Crippen LogP contribution >= 0.6 is 0 Å². The molecule has 0 aromatic heterocycles. The largest absolute Gasteiger partial charge is 0.469 e. The first-order valence-electron chi connectivity index (χ1n) is 14.7. The zero-order valence-corrected chi connectivity index (χ0v) is 25.6. The van der Waals surface area contributed by atoms with E-state index in [2.05, 4.69) is 6.58 Å². The molecule has 3 saturated carbocycles. The van der Waals surface area contributed by atoms with Crippen LogP contribution < -0.4 is 0 Å². The van der Waals surface area contributed by atoms with Gasteiger partial charge in [0.25, 0.3) is 0 Å². The van der Waals surface area contributed by atoms with Crippen molar-refractivity contribution in [1.82, 2.24) is 0 Å². The molecule has 11 nitrogen and oxygen atoms in total. The molecule has 0 N–H and O–H groups in total. The Morgan fingerprint density at radius 2 is 1.76 bits per heavy atom. The Morgan fingerprint density at radius 3 is 2.38 bits per heavy atom. The Balaban J connectivity index is 1.39. The van der Waals surface area contributed by atoms with Gasteiger partial charge in [0.05, 0.1) is 31.3 Å². The molecule has 1 unspecified atom stereocenters. The van der Waals surface area contributed by atoms with Crippen molar-refractivity contribution in [3.8, 4) is 0 Å². The molecule has 4 bridgehead atoms. The average Bonchev–Trinajstić information content (AvgIpc) is 3.40. The molecule has 11 heteroatoms. The lowest BCUT2D eigenvalue weighted by molar-refractivity contribution is -0.335. The fourth-order valence-corrected chi connectivity index (χ4v) is 10.0. The number of carbonyl (C=O) groups excluding carboxylic acids is 2. The van der Waals surface area contributed by atoms with Crippen molar-refractivity contribution in [3.63, 3.8) is 0 Å². The summed E-state index contributed by atoms with van der Waals surface area (Å²) in [4.78, 5) is 27.4. The summed E-state index contributed by atoms with van der Waals surface area (Å²) in [7, 11) is 9.40. The second-order valence-corrected chi connectivity index (χ2v) is 13.0. The van der Waals surface area contributed by atoms with E-state index < -0.39 is 70.7 Å².